The van der Waals surface area contributed by atoms with E-state index in [1.54, 1.807) is 0 Å². The summed E-state index contributed by atoms with van der Waals surface area (Å²) in [5.41, 5.74) is 2.26. The Balaban J connectivity index is 1.44. The van der Waals surface area contributed by atoms with Gasteiger partial charge in [-0.15, -0.1) is 0 Å². The number of rotatable bonds is 8. The molecule has 0 saturated heterocycles. The number of hydrogen-bond acceptors (Lipinski definition) is 3. The monoisotopic (exact) mass is 289 g/mol. The summed E-state index contributed by atoms with van der Waals surface area (Å²) in [6.07, 6.45) is 5.02. The molecule has 3 rings (SSSR count). The summed E-state index contributed by atoms with van der Waals surface area (Å²) in [5.74, 6) is 2.64. The van der Waals surface area contributed by atoms with Gasteiger partial charge in [0.15, 0.2) is 0 Å². The summed E-state index contributed by atoms with van der Waals surface area (Å²) in [6.45, 7) is 5.09. The van der Waals surface area contributed by atoms with Gasteiger partial charge in [0.2, 0.25) is 0 Å². The van der Waals surface area contributed by atoms with Crippen LogP contribution in [0.3, 0.4) is 0 Å². The van der Waals surface area contributed by atoms with Gasteiger partial charge in [-0.05, 0) is 62.5 Å². The van der Waals surface area contributed by atoms with Crippen LogP contribution >= 0.6 is 0 Å². The first-order valence-electron chi connectivity index (χ1n) is 8.25. The van der Waals surface area contributed by atoms with Crippen molar-refractivity contribution in [3.05, 3.63) is 29.3 Å². The van der Waals surface area contributed by atoms with Crippen molar-refractivity contribution in [3.8, 4) is 5.75 Å². The van der Waals surface area contributed by atoms with E-state index in [0.717, 1.165) is 28.7 Å². The van der Waals surface area contributed by atoms with Gasteiger partial charge < -0.3 is 15.2 Å². The van der Waals surface area contributed by atoms with Crippen LogP contribution in [0.25, 0.3) is 0 Å². The van der Waals surface area contributed by atoms with Gasteiger partial charge in [-0.25, -0.2) is 0 Å². The molecule has 21 heavy (non-hydrogen) atoms. The van der Waals surface area contributed by atoms with E-state index >= 15 is 0 Å². The molecule has 0 spiro atoms. The van der Waals surface area contributed by atoms with Crippen molar-refractivity contribution in [2.45, 2.75) is 51.7 Å². The van der Waals surface area contributed by atoms with E-state index < -0.39 is 6.10 Å². The SMILES string of the molecule is Cc1cccc(C)c1OCC(O)CNC(C1CC1)C1CC1. The van der Waals surface area contributed by atoms with Crippen LogP contribution in [0.2, 0.25) is 0 Å². The molecule has 1 unspecified atom stereocenters. The fourth-order valence-corrected chi connectivity index (χ4v) is 3.17. The van der Waals surface area contributed by atoms with E-state index in [2.05, 4.69) is 5.32 Å². The minimum atomic E-state index is -0.441. The van der Waals surface area contributed by atoms with Crippen LogP contribution in [0, 0.1) is 25.7 Å². The average Bonchev–Trinajstić information content (AvgIpc) is 3.32. The molecule has 0 aliphatic heterocycles. The summed E-state index contributed by atoms with van der Waals surface area (Å²) in [5, 5.41) is 13.7. The van der Waals surface area contributed by atoms with Gasteiger partial charge in [-0.2, -0.15) is 0 Å². The van der Waals surface area contributed by atoms with Crippen LogP contribution in [-0.4, -0.2) is 30.4 Å². The van der Waals surface area contributed by atoms with Crippen molar-refractivity contribution in [3.63, 3.8) is 0 Å². The molecule has 1 aromatic rings. The quantitative estimate of drug-likeness (QED) is 0.773. The zero-order chi connectivity index (χ0) is 14.8. The third-order valence-electron chi connectivity index (χ3n) is 4.68. The Hall–Kier alpha value is -1.06. The number of aryl methyl sites for hydroxylation is 2. The second-order valence-corrected chi connectivity index (χ2v) is 6.79. The first kappa shape index (κ1) is 14.9. The number of aliphatic hydroxyl groups excluding tert-OH is 1. The maximum atomic E-state index is 10.2. The molecular formula is C18H27NO2. The average molecular weight is 289 g/mol. The Bertz CT molecular complexity index is 448. The van der Waals surface area contributed by atoms with Gasteiger partial charge in [0.1, 0.15) is 18.5 Å². The summed E-state index contributed by atoms with van der Waals surface area (Å²) in [4.78, 5) is 0. The van der Waals surface area contributed by atoms with Crippen LogP contribution < -0.4 is 10.1 Å². The summed E-state index contributed by atoms with van der Waals surface area (Å²) < 4.78 is 5.82. The van der Waals surface area contributed by atoms with Crippen molar-refractivity contribution in [1.29, 1.82) is 0 Å². The van der Waals surface area contributed by atoms with Crippen LogP contribution in [0.4, 0.5) is 0 Å². The Kier molecular flexibility index (Phi) is 4.51. The molecule has 1 aromatic carbocycles. The molecule has 2 fully saturated rings. The van der Waals surface area contributed by atoms with E-state index in [0.29, 0.717) is 19.2 Å². The van der Waals surface area contributed by atoms with E-state index in [1.807, 2.05) is 32.0 Å². The Morgan fingerprint density at radius 2 is 1.71 bits per heavy atom. The van der Waals surface area contributed by atoms with Gasteiger partial charge >= 0.3 is 0 Å². The summed E-state index contributed by atoms with van der Waals surface area (Å²) >= 11 is 0. The zero-order valence-corrected chi connectivity index (χ0v) is 13.1. The smallest absolute Gasteiger partial charge is 0.125 e. The maximum Gasteiger partial charge on any atom is 0.125 e. The van der Waals surface area contributed by atoms with Crippen LogP contribution in [0.15, 0.2) is 18.2 Å². The third-order valence-corrected chi connectivity index (χ3v) is 4.68. The highest BCUT2D eigenvalue weighted by Gasteiger charge is 2.41. The van der Waals surface area contributed by atoms with Crippen LogP contribution in [0.1, 0.15) is 36.8 Å². The minimum Gasteiger partial charge on any atom is -0.490 e. The molecule has 0 heterocycles. The molecule has 3 heteroatoms. The lowest BCUT2D eigenvalue weighted by Crippen LogP contribution is -2.40. The highest BCUT2D eigenvalue weighted by molar-refractivity contribution is 5.39. The Morgan fingerprint density at radius 1 is 1.14 bits per heavy atom. The summed E-state index contributed by atoms with van der Waals surface area (Å²) in [6, 6.07) is 6.76. The lowest BCUT2D eigenvalue weighted by molar-refractivity contribution is 0.101. The number of nitrogens with one attached hydrogen (secondary N) is 1. The van der Waals surface area contributed by atoms with Crippen molar-refractivity contribution in [2.75, 3.05) is 13.2 Å². The van der Waals surface area contributed by atoms with Gasteiger partial charge in [0, 0.05) is 12.6 Å². The Labute approximate surface area is 127 Å². The van der Waals surface area contributed by atoms with Gasteiger partial charge in [-0.3, -0.25) is 0 Å². The molecule has 116 valence electrons. The minimum absolute atomic E-state index is 0.362. The van der Waals surface area contributed by atoms with Gasteiger partial charge in [0.25, 0.3) is 0 Å². The van der Waals surface area contributed by atoms with E-state index in [4.69, 9.17) is 4.74 Å². The highest BCUT2D eigenvalue weighted by atomic mass is 16.5. The van der Waals surface area contributed by atoms with Crippen LogP contribution in [-0.2, 0) is 0 Å². The number of aliphatic hydroxyl groups is 1. The van der Waals surface area contributed by atoms with Crippen LogP contribution in [0.5, 0.6) is 5.75 Å². The standard InChI is InChI=1S/C18H27NO2/c1-12-4-3-5-13(2)18(12)21-11-16(20)10-19-17(14-6-7-14)15-8-9-15/h3-5,14-17,19-20H,6-11H2,1-2H3. The first-order valence-corrected chi connectivity index (χ1v) is 8.25. The first-order chi connectivity index (χ1) is 10.1. The largest absolute Gasteiger partial charge is 0.490 e. The molecule has 1 atom stereocenters. The van der Waals surface area contributed by atoms with Crippen molar-refractivity contribution in [1.82, 2.24) is 5.32 Å². The second-order valence-electron chi connectivity index (χ2n) is 6.79. The third kappa shape index (κ3) is 3.98. The van der Waals surface area contributed by atoms with Gasteiger partial charge in [-0.1, -0.05) is 18.2 Å². The predicted molar refractivity (Wildman–Crippen MR) is 84.7 cm³/mol. The van der Waals surface area contributed by atoms with E-state index in [9.17, 15) is 5.11 Å². The molecule has 2 aliphatic carbocycles. The highest BCUT2D eigenvalue weighted by Crippen LogP contribution is 2.44. The zero-order valence-electron chi connectivity index (χ0n) is 13.1. The summed E-state index contributed by atoms with van der Waals surface area (Å²) in [7, 11) is 0. The molecule has 0 amide bonds. The fraction of sp³-hybridized carbons (Fsp3) is 0.667. The lowest BCUT2D eigenvalue weighted by atomic mass is 10.1. The lowest BCUT2D eigenvalue weighted by Gasteiger charge is -2.21. The molecule has 2 saturated carbocycles. The number of ether oxygens (including phenoxy) is 1. The van der Waals surface area contributed by atoms with Crippen molar-refractivity contribution in [2.24, 2.45) is 11.8 Å². The fourth-order valence-electron chi connectivity index (χ4n) is 3.17. The second kappa shape index (κ2) is 6.37. The molecule has 0 aromatic heterocycles. The molecule has 2 N–H and O–H groups in total. The normalized spacial score (nSPS) is 19.8. The molecule has 2 aliphatic rings. The number of benzene rings is 1. The van der Waals surface area contributed by atoms with E-state index in [-0.39, 0.29) is 0 Å². The number of para-hydroxylation sites is 1. The molecule has 3 nitrogen and oxygen atoms in total. The Morgan fingerprint density at radius 3 is 2.24 bits per heavy atom. The molecular weight excluding hydrogens is 262 g/mol. The van der Waals surface area contributed by atoms with Gasteiger partial charge in [0.05, 0.1) is 0 Å². The maximum absolute atomic E-state index is 10.2. The van der Waals surface area contributed by atoms with Crippen molar-refractivity contribution < 1.29 is 9.84 Å². The molecule has 0 radical (unpaired) electrons. The number of hydrogen-bond donors (Lipinski definition) is 2. The van der Waals surface area contributed by atoms with Crippen molar-refractivity contribution >= 4 is 0 Å². The predicted octanol–water partition coefficient (Wildman–Crippen LogP) is 2.82. The topological polar surface area (TPSA) is 41.5 Å². The molecule has 0 bridgehead atoms. The van der Waals surface area contributed by atoms with E-state index in [1.165, 1.54) is 25.7 Å².